The predicted molar refractivity (Wildman–Crippen MR) is 120 cm³/mol. The maximum absolute atomic E-state index is 12.1. The normalized spacial score (nSPS) is 19.1. The van der Waals surface area contributed by atoms with Gasteiger partial charge in [-0.05, 0) is 44.8 Å². The van der Waals surface area contributed by atoms with Gasteiger partial charge in [0.05, 0.1) is 26.6 Å². The van der Waals surface area contributed by atoms with Crippen LogP contribution < -0.4 is 0 Å². The number of carbonyl (C=O) groups excluding carboxylic acids is 2. The van der Waals surface area contributed by atoms with E-state index in [1.807, 2.05) is 13.0 Å². The van der Waals surface area contributed by atoms with Gasteiger partial charge in [0, 0.05) is 31.6 Å². The third kappa shape index (κ3) is 7.84. The number of morpholine rings is 1. The van der Waals surface area contributed by atoms with Crippen LogP contribution in [0.2, 0.25) is 0 Å². The van der Waals surface area contributed by atoms with Crippen molar-refractivity contribution in [2.24, 2.45) is 0 Å². The molecule has 0 amide bonds. The summed E-state index contributed by atoms with van der Waals surface area (Å²) in [6.07, 6.45) is 4.81. The molecule has 0 aromatic carbocycles. The van der Waals surface area contributed by atoms with E-state index in [4.69, 9.17) is 18.9 Å². The molecule has 1 saturated heterocycles. The molecule has 32 heavy (non-hydrogen) atoms. The van der Waals surface area contributed by atoms with Gasteiger partial charge in [0.2, 0.25) is 0 Å². The number of nitrogens with zero attached hydrogens (tertiary/aromatic N) is 1. The van der Waals surface area contributed by atoms with Gasteiger partial charge < -0.3 is 24.1 Å². The highest BCUT2D eigenvalue weighted by molar-refractivity contribution is 5.97. The third-order valence-corrected chi connectivity index (χ3v) is 5.52. The van der Waals surface area contributed by atoms with Gasteiger partial charge in [-0.2, -0.15) is 0 Å². The molecule has 0 radical (unpaired) electrons. The Morgan fingerprint density at radius 3 is 2.59 bits per heavy atom. The minimum atomic E-state index is -0.541. The zero-order valence-corrected chi connectivity index (χ0v) is 19.6. The first-order valence-corrected chi connectivity index (χ1v) is 10.9. The van der Waals surface area contributed by atoms with E-state index in [0.29, 0.717) is 37.0 Å². The van der Waals surface area contributed by atoms with Gasteiger partial charge >= 0.3 is 11.9 Å². The average molecular weight is 450 g/mol. The fraction of sp³-hybridized carbons (Fsp3) is 0.583. The largest absolute Gasteiger partial charge is 0.507 e. The van der Waals surface area contributed by atoms with Crippen molar-refractivity contribution >= 4 is 11.9 Å². The summed E-state index contributed by atoms with van der Waals surface area (Å²) < 4.78 is 20.7. The Labute approximate surface area is 190 Å². The van der Waals surface area contributed by atoms with E-state index in [0.717, 1.165) is 44.0 Å². The Kier molecular flexibility index (Phi) is 10.5. The molecule has 2 aliphatic heterocycles. The number of methoxy groups -OCH3 is 1. The van der Waals surface area contributed by atoms with Crippen molar-refractivity contribution in [3.05, 3.63) is 46.0 Å². The Balaban J connectivity index is 1.84. The highest BCUT2D eigenvalue weighted by atomic mass is 16.5. The fourth-order valence-corrected chi connectivity index (χ4v) is 3.43. The summed E-state index contributed by atoms with van der Waals surface area (Å²) in [6, 6.07) is 0. The minimum Gasteiger partial charge on any atom is -0.507 e. The topological polar surface area (TPSA) is 94.5 Å². The molecule has 1 N–H and O–H groups in total. The van der Waals surface area contributed by atoms with Crippen LogP contribution in [0.4, 0.5) is 0 Å². The van der Waals surface area contributed by atoms with Crippen molar-refractivity contribution in [2.75, 3.05) is 53.2 Å². The molecule has 0 saturated carbocycles. The highest BCUT2D eigenvalue weighted by Gasteiger charge is 2.29. The van der Waals surface area contributed by atoms with E-state index in [9.17, 15) is 14.7 Å². The van der Waals surface area contributed by atoms with Crippen molar-refractivity contribution in [3.8, 4) is 0 Å². The van der Waals surface area contributed by atoms with Crippen LogP contribution in [0.3, 0.4) is 0 Å². The molecule has 0 aromatic heterocycles. The Hall–Kier alpha value is -2.58. The van der Waals surface area contributed by atoms with Crippen molar-refractivity contribution in [1.29, 1.82) is 0 Å². The van der Waals surface area contributed by atoms with Crippen molar-refractivity contribution in [2.45, 2.75) is 40.0 Å². The first kappa shape index (κ1) is 25.7. The van der Waals surface area contributed by atoms with Crippen LogP contribution in [-0.4, -0.2) is 75.1 Å². The molecule has 2 aliphatic rings. The van der Waals surface area contributed by atoms with E-state index in [1.165, 1.54) is 13.4 Å². The fourth-order valence-electron chi connectivity index (χ4n) is 3.43. The van der Waals surface area contributed by atoms with Crippen LogP contribution >= 0.6 is 0 Å². The van der Waals surface area contributed by atoms with Crippen LogP contribution in [0, 0.1) is 0 Å². The first-order chi connectivity index (χ1) is 15.3. The van der Waals surface area contributed by atoms with Crippen LogP contribution in [0.1, 0.15) is 40.0 Å². The first-order valence-electron chi connectivity index (χ1n) is 10.9. The van der Waals surface area contributed by atoms with Gasteiger partial charge in [0.1, 0.15) is 24.5 Å². The van der Waals surface area contributed by atoms with E-state index in [2.05, 4.69) is 4.90 Å². The molecule has 0 aromatic rings. The van der Waals surface area contributed by atoms with Gasteiger partial charge in [-0.25, -0.2) is 4.79 Å². The molecule has 0 bridgehead atoms. The van der Waals surface area contributed by atoms with Crippen LogP contribution in [0.5, 0.6) is 0 Å². The van der Waals surface area contributed by atoms with Gasteiger partial charge in [-0.15, -0.1) is 0 Å². The summed E-state index contributed by atoms with van der Waals surface area (Å²) in [5.74, 6) is -0.829. The molecule has 178 valence electrons. The third-order valence-electron chi connectivity index (χ3n) is 5.52. The Bertz CT molecular complexity index is 801. The van der Waals surface area contributed by atoms with Crippen molar-refractivity contribution < 1.29 is 33.6 Å². The number of hydrogen-bond acceptors (Lipinski definition) is 8. The number of cyclic esters (lactones) is 1. The molecule has 8 heteroatoms. The Morgan fingerprint density at radius 1 is 1.19 bits per heavy atom. The number of rotatable bonds is 11. The molecule has 0 unspecified atom stereocenters. The lowest BCUT2D eigenvalue weighted by atomic mass is 9.99. The van der Waals surface area contributed by atoms with Gasteiger partial charge in [-0.1, -0.05) is 11.6 Å². The second-order valence-electron chi connectivity index (χ2n) is 8.02. The SMILES string of the molecule is CO/C=C(\C)C1=C(/C(O)=C(\C)C/C=C(\C)CCC(=O)OCCN2CCOCC2)C(=O)OC1. The monoisotopic (exact) mass is 449 g/mol. The number of esters is 2. The van der Waals surface area contributed by atoms with Gasteiger partial charge in [-0.3, -0.25) is 9.69 Å². The predicted octanol–water partition coefficient (Wildman–Crippen LogP) is 3.21. The quantitative estimate of drug-likeness (QED) is 0.292. The minimum absolute atomic E-state index is 0.0714. The molecule has 2 rings (SSSR count). The molecule has 2 heterocycles. The van der Waals surface area contributed by atoms with Crippen LogP contribution in [0.15, 0.2) is 46.0 Å². The second kappa shape index (κ2) is 13.1. The molecule has 0 spiro atoms. The zero-order valence-electron chi connectivity index (χ0n) is 19.6. The molecule has 1 fully saturated rings. The summed E-state index contributed by atoms with van der Waals surface area (Å²) >= 11 is 0. The number of allylic oxidation sites excluding steroid dienone is 3. The summed E-state index contributed by atoms with van der Waals surface area (Å²) in [7, 11) is 1.52. The van der Waals surface area contributed by atoms with E-state index < -0.39 is 5.97 Å². The maximum atomic E-state index is 12.1. The average Bonchev–Trinajstić information content (AvgIpc) is 3.17. The Morgan fingerprint density at radius 2 is 1.91 bits per heavy atom. The number of carbonyl (C=O) groups is 2. The summed E-state index contributed by atoms with van der Waals surface area (Å²) in [5, 5.41) is 10.6. The molecule has 8 nitrogen and oxygen atoms in total. The lowest BCUT2D eigenvalue weighted by Crippen LogP contribution is -2.38. The number of aliphatic hydroxyl groups excluding tert-OH is 1. The second-order valence-corrected chi connectivity index (χ2v) is 8.02. The maximum Gasteiger partial charge on any atom is 0.342 e. The van der Waals surface area contributed by atoms with Gasteiger partial charge in [0.15, 0.2) is 0 Å². The molecular formula is C24H35NO7. The van der Waals surface area contributed by atoms with E-state index in [-0.39, 0.29) is 23.9 Å². The number of hydrogen-bond donors (Lipinski definition) is 1. The van der Waals surface area contributed by atoms with Crippen molar-refractivity contribution in [1.82, 2.24) is 4.90 Å². The summed E-state index contributed by atoms with van der Waals surface area (Å²) in [6.45, 7) is 9.93. The van der Waals surface area contributed by atoms with Crippen LogP contribution in [0.25, 0.3) is 0 Å². The molecule has 0 atom stereocenters. The molecular weight excluding hydrogens is 414 g/mol. The zero-order chi connectivity index (χ0) is 23.5. The lowest BCUT2D eigenvalue weighted by Gasteiger charge is -2.26. The van der Waals surface area contributed by atoms with Gasteiger partial charge in [0.25, 0.3) is 0 Å². The number of ether oxygens (including phenoxy) is 4. The summed E-state index contributed by atoms with van der Waals surface area (Å²) in [5.41, 5.74) is 3.19. The summed E-state index contributed by atoms with van der Waals surface area (Å²) in [4.78, 5) is 26.3. The van der Waals surface area contributed by atoms with Crippen LogP contribution in [-0.2, 0) is 28.5 Å². The molecule has 0 aliphatic carbocycles. The van der Waals surface area contributed by atoms with Crippen molar-refractivity contribution in [3.63, 3.8) is 0 Å². The lowest BCUT2D eigenvalue weighted by molar-refractivity contribution is -0.144. The standard InChI is InChI=1S/C24H35NO7/c1-17(6-8-21(26)31-14-11-25-9-12-30-13-10-25)5-7-18(2)23(27)22-20(16-32-24(22)28)19(3)15-29-4/h5,15,27H,6-14,16H2,1-4H3/b17-5+,19-15+,23-18-. The smallest absolute Gasteiger partial charge is 0.342 e. The van der Waals surface area contributed by atoms with E-state index >= 15 is 0 Å². The number of aliphatic hydroxyl groups is 1. The van der Waals surface area contributed by atoms with E-state index in [1.54, 1.807) is 13.8 Å². The highest BCUT2D eigenvalue weighted by Crippen LogP contribution is 2.29.